The number of aromatic hydroxyl groups is 1. The number of methoxy groups -OCH3 is 1. The van der Waals surface area contributed by atoms with Crippen LogP contribution in [0.25, 0.3) is 0 Å². The first kappa shape index (κ1) is 20.3. The molecule has 0 aliphatic rings. The van der Waals surface area contributed by atoms with Crippen LogP contribution in [0.4, 0.5) is 5.13 Å². The summed E-state index contributed by atoms with van der Waals surface area (Å²) in [5.41, 5.74) is 2.76. The van der Waals surface area contributed by atoms with Gasteiger partial charge in [-0.2, -0.15) is 5.10 Å². The molecule has 0 unspecified atom stereocenters. The Labute approximate surface area is 160 Å². The summed E-state index contributed by atoms with van der Waals surface area (Å²) in [4.78, 5) is 23.6. The number of phenolic OH excluding ortho intramolecular Hbond substituents is 1. The van der Waals surface area contributed by atoms with Crippen molar-refractivity contribution in [3.8, 4) is 11.5 Å². The minimum atomic E-state index is -0.395. The molecule has 0 bridgehead atoms. The number of carbonyl (C=O) groups excluding carboxylic acids is 2. The van der Waals surface area contributed by atoms with Gasteiger partial charge >= 0.3 is 0 Å². The molecule has 1 aromatic heterocycles. The Hall–Kier alpha value is -3.01. The van der Waals surface area contributed by atoms with Crippen LogP contribution in [0.15, 0.2) is 23.3 Å². The minimum Gasteiger partial charge on any atom is -0.504 e. The van der Waals surface area contributed by atoms with Crippen LogP contribution in [-0.4, -0.2) is 40.4 Å². The summed E-state index contributed by atoms with van der Waals surface area (Å²) < 4.78 is 5.00. The van der Waals surface area contributed by atoms with Gasteiger partial charge in [0.05, 0.1) is 19.7 Å². The van der Waals surface area contributed by atoms with Gasteiger partial charge in [-0.3, -0.25) is 9.59 Å². The molecule has 2 amide bonds. The third kappa shape index (κ3) is 6.33. The Morgan fingerprint density at radius 2 is 2.15 bits per heavy atom. The molecule has 0 aliphatic heterocycles. The molecule has 0 radical (unpaired) electrons. The van der Waals surface area contributed by atoms with E-state index in [-0.39, 0.29) is 18.1 Å². The standard InChI is InChI=1S/C17H21N5O4S/c1-3-4-8-13(23)19-17-22-21-15(27-17)9-14(24)20-18-10-11-6-5-7-12(26-2)16(11)25/h5-7,10,25H,3-4,8-9H2,1-2H3,(H,20,24)(H,19,22,23)/b18-10-. The van der Waals surface area contributed by atoms with Crippen molar-refractivity contribution in [1.82, 2.24) is 15.6 Å². The van der Waals surface area contributed by atoms with E-state index in [1.165, 1.54) is 13.3 Å². The molecular weight excluding hydrogens is 370 g/mol. The first-order valence-electron chi connectivity index (χ1n) is 8.33. The molecule has 0 fully saturated rings. The van der Waals surface area contributed by atoms with Crippen molar-refractivity contribution in [1.29, 1.82) is 0 Å². The average Bonchev–Trinajstić information content (AvgIpc) is 3.08. The van der Waals surface area contributed by atoms with E-state index >= 15 is 0 Å². The summed E-state index contributed by atoms with van der Waals surface area (Å²) in [6.07, 6.45) is 3.46. The number of hydrazone groups is 1. The Morgan fingerprint density at radius 1 is 1.33 bits per heavy atom. The third-order valence-corrected chi connectivity index (χ3v) is 4.26. The normalized spacial score (nSPS) is 10.7. The minimum absolute atomic E-state index is 0.0239. The molecule has 0 saturated heterocycles. The maximum Gasteiger partial charge on any atom is 0.247 e. The second kappa shape index (κ2) is 10.2. The first-order valence-corrected chi connectivity index (χ1v) is 9.15. The van der Waals surface area contributed by atoms with Crippen LogP contribution in [-0.2, 0) is 16.0 Å². The number of aromatic nitrogens is 2. The van der Waals surface area contributed by atoms with Gasteiger partial charge in [0.25, 0.3) is 0 Å². The van der Waals surface area contributed by atoms with Gasteiger partial charge in [-0.15, -0.1) is 10.2 Å². The molecule has 0 aliphatic carbocycles. The van der Waals surface area contributed by atoms with E-state index in [1.807, 2.05) is 6.92 Å². The van der Waals surface area contributed by atoms with Crippen molar-refractivity contribution < 1.29 is 19.4 Å². The highest BCUT2D eigenvalue weighted by Crippen LogP contribution is 2.27. The SMILES string of the molecule is CCCCC(=O)Nc1nnc(CC(=O)N/N=C\c2cccc(OC)c2O)s1. The second-order valence-corrected chi connectivity index (χ2v) is 6.58. The molecule has 0 spiro atoms. The lowest BCUT2D eigenvalue weighted by Crippen LogP contribution is -2.19. The second-order valence-electron chi connectivity index (χ2n) is 5.52. The van der Waals surface area contributed by atoms with Crippen LogP contribution in [0, 0.1) is 0 Å². The Balaban J connectivity index is 1.85. The van der Waals surface area contributed by atoms with E-state index in [0.717, 1.165) is 24.2 Å². The average molecular weight is 391 g/mol. The highest BCUT2D eigenvalue weighted by atomic mass is 32.1. The van der Waals surface area contributed by atoms with E-state index < -0.39 is 5.91 Å². The highest BCUT2D eigenvalue weighted by Gasteiger charge is 2.11. The summed E-state index contributed by atoms with van der Waals surface area (Å²) in [6, 6.07) is 4.93. The van der Waals surface area contributed by atoms with Crippen molar-refractivity contribution in [2.24, 2.45) is 5.10 Å². The number of carbonyl (C=O) groups is 2. The number of amides is 2. The maximum atomic E-state index is 11.9. The number of ether oxygens (including phenoxy) is 1. The molecule has 27 heavy (non-hydrogen) atoms. The number of anilines is 1. The Morgan fingerprint density at radius 3 is 2.89 bits per heavy atom. The van der Waals surface area contributed by atoms with E-state index in [0.29, 0.717) is 27.9 Å². The number of nitrogens with one attached hydrogen (secondary N) is 2. The zero-order chi connectivity index (χ0) is 19.6. The molecule has 10 heteroatoms. The van der Waals surface area contributed by atoms with Crippen LogP contribution < -0.4 is 15.5 Å². The number of phenols is 1. The van der Waals surface area contributed by atoms with Gasteiger partial charge in [0.1, 0.15) is 5.01 Å². The molecule has 0 saturated carbocycles. The third-order valence-electron chi connectivity index (χ3n) is 3.43. The number of hydrogen-bond donors (Lipinski definition) is 3. The summed E-state index contributed by atoms with van der Waals surface area (Å²) in [6.45, 7) is 2.01. The van der Waals surface area contributed by atoms with Crippen molar-refractivity contribution in [3.63, 3.8) is 0 Å². The van der Waals surface area contributed by atoms with E-state index in [2.05, 4.69) is 26.0 Å². The molecule has 2 aromatic rings. The zero-order valence-corrected chi connectivity index (χ0v) is 15.9. The van der Waals surface area contributed by atoms with Crippen molar-refractivity contribution in [2.75, 3.05) is 12.4 Å². The quantitative estimate of drug-likeness (QED) is 0.444. The number of rotatable bonds is 9. The first-order chi connectivity index (χ1) is 13.0. The van der Waals surface area contributed by atoms with Crippen LogP contribution in [0.5, 0.6) is 11.5 Å². The summed E-state index contributed by atoms with van der Waals surface area (Å²) in [7, 11) is 1.44. The highest BCUT2D eigenvalue weighted by molar-refractivity contribution is 7.15. The monoisotopic (exact) mass is 391 g/mol. The van der Waals surface area contributed by atoms with E-state index in [9.17, 15) is 14.7 Å². The van der Waals surface area contributed by atoms with Crippen LogP contribution in [0.1, 0.15) is 36.8 Å². The predicted octanol–water partition coefficient (Wildman–Crippen LogP) is 2.07. The topological polar surface area (TPSA) is 126 Å². The fourth-order valence-corrected chi connectivity index (χ4v) is 2.81. The van der Waals surface area contributed by atoms with E-state index in [4.69, 9.17) is 4.74 Å². The lowest BCUT2D eigenvalue weighted by molar-refractivity contribution is -0.120. The summed E-state index contributed by atoms with van der Waals surface area (Å²) >= 11 is 1.14. The molecule has 2 rings (SSSR count). The van der Waals surface area contributed by atoms with Crippen LogP contribution in [0.3, 0.4) is 0 Å². The van der Waals surface area contributed by atoms with Gasteiger partial charge in [0.15, 0.2) is 11.5 Å². The zero-order valence-electron chi connectivity index (χ0n) is 15.1. The van der Waals surface area contributed by atoms with Crippen molar-refractivity contribution >= 4 is 34.5 Å². The lowest BCUT2D eigenvalue weighted by atomic mass is 10.2. The molecule has 3 N–H and O–H groups in total. The molecule has 0 atom stereocenters. The van der Waals surface area contributed by atoms with E-state index in [1.54, 1.807) is 18.2 Å². The predicted molar refractivity (Wildman–Crippen MR) is 102 cm³/mol. The van der Waals surface area contributed by atoms with Crippen LogP contribution in [0.2, 0.25) is 0 Å². The summed E-state index contributed by atoms with van der Waals surface area (Å²) in [5.74, 6) is -0.265. The van der Waals surface area contributed by atoms with Gasteiger partial charge < -0.3 is 15.2 Å². The number of nitrogens with zero attached hydrogens (tertiary/aromatic N) is 3. The van der Waals surface area contributed by atoms with Crippen molar-refractivity contribution in [3.05, 3.63) is 28.8 Å². The Kier molecular flexibility index (Phi) is 7.68. The molecule has 144 valence electrons. The van der Waals surface area contributed by atoms with Gasteiger partial charge in [-0.25, -0.2) is 5.43 Å². The molecule has 1 aromatic carbocycles. The van der Waals surface area contributed by atoms with Crippen molar-refractivity contribution in [2.45, 2.75) is 32.6 Å². The lowest BCUT2D eigenvalue weighted by Gasteiger charge is -2.04. The fraction of sp³-hybridized carbons (Fsp3) is 0.353. The van der Waals surface area contributed by atoms with Crippen LogP contribution >= 0.6 is 11.3 Å². The fourth-order valence-electron chi connectivity index (χ4n) is 2.05. The van der Waals surface area contributed by atoms with Gasteiger partial charge in [-0.1, -0.05) is 30.7 Å². The molecule has 9 nitrogen and oxygen atoms in total. The number of unbranched alkanes of at least 4 members (excludes halogenated alkanes) is 1. The largest absolute Gasteiger partial charge is 0.504 e. The van der Waals surface area contributed by atoms with Gasteiger partial charge in [0, 0.05) is 12.0 Å². The molecule has 1 heterocycles. The summed E-state index contributed by atoms with van der Waals surface area (Å²) in [5, 5.41) is 24.9. The Bertz CT molecular complexity index is 821. The van der Waals surface area contributed by atoms with Gasteiger partial charge in [-0.05, 0) is 18.6 Å². The number of para-hydroxylation sites is 1. The smallest absolute Gasteiger partial charge is 0.247 e. The molecular formula is C17H21N5O4S. The number of hydrogen-bond acceptors (Lipinski definition) is 8. The maximum absolute atomic E-state index is 11.9. The number of benzene rings is 1. The van der Waals surface area contributed by atoms with Gasteiger partial charge in [0.2, 0.25) is 16.9 Å².